The van der Waals surface area contributed by atoms with Crippen molar-refractivity contribution in [3.8, 4) is 0 Å². The molecule has 0 radical (unpaired) electrons. The lowest BCUT2D eigenvalue weighted by molar-refractivity contribution is 0.448. The lowest BCUT2D eigenvalue weighted by Crippen LogP contribution is -2.25. The monoisotopic (exact) mass is 289 g/mol. The average molecular weight is 290 g/mol. The van der Waals surface area contributed by atoms with Crippen molar-refractivity contribution in [2.24, 2.45) is 0 Å². The number of rotatable bonds is 4. The predicted molar refractivity (Wildman–Crippen MR) is 81.9 cm³/mol. The third-order valence-electron chi connectivity index (χ3n) is 4.00. The predicted octanol–water partition coefficient (Wildman–Crippen LogP) is 3.72. The number of fused-ring (bicyclic) bond motifs is 1. The number of hydrogen-bond donors (Lipinski definition) is 1. The Bertz CT molecular complexity index is 591. The molecule has 0 aliphatic heterocycles. The first-order chi connectivity index (χ1) is 9.78. The summed E-state index contributed by atoms with van der Waals surface area (Å²) in [6.07, 6.45) is 5.60. The molecule has 1 aliphatic carbocycles. The fourth-order valence-electron chi connectivity index (χ4n) is 2.99. The molecule has 1 heterocycles. The summed E-state index contributed by atoms with van der Waals surface area (Å²) >= 11 is 6.03. The third-order valence-corrected chi connectivity index (χ3v) is 4.24. The zero-order valence-electron chi connectivity index (χ0n) is 11.8. The lowest BCUT2D eigenvalue weighted by atomic mass is 9.93. The van der Waals surface area contributed by atoms with Gasteiger partial charge in [-0.3, -0.25) is 4.68 Å². The van der Waals surface area contributed by atoms with Gasteiger partial charge in [0.05, 0.1) is 6.20 Å². The molecule has 20 heavy (non-hydrogen) atoms. The van der Waals surface area contributed by atoms with Crippen LogP contribution in [0.25, 0.3) is 0 Å². The van der Waals surface area contributed by atoms with E-state index in [4.69, 9.17) is 11.6 Å². The zero-order chi connectivity index (χ0) is 13.9. The Hall–Kier alpha value is -1.32. The third kappa shape index (κ3) is 2.74. The van der Waals surface area contributed by atoms with Crippen LogP contribution in [0, 0.1) is 0 Å². The van der Waals surface area contributed by atoms with Crippen molar-refractivity contribution in [1.29, 1.82) is 0 Å². The van der Waals surface area contributed by atoms with Crippen LogP contribution in [0.15, 0.2) is 30.5 Å². The molecule has 3 nitrogen and oxygen atoms in total. The van der Waals surface area contributed by atoms with Gasteiger partial charge in [-0.05, 0) is 43.9 Å². The molecule has 1 aliphatic rings. The van der Waals surface area contributed by atoms with Gasteiger partial charge < -0.3 is 5.32 Å². The molecule has 0 amide bonds. The maximum Gasteiger partial charge on any atom is 0.0540 e. The van der Waals surface area contributed by atoms with E-state index in [0.29, 0.717) is 6.04 Å². The molecular formula is C16H20ClN3. The van der Waals surface area contributed by atoms with Crippen LogP contribution in [0.4, 0.5) is 0 Å². The molecule has 0 fully saturated rings. The van der Waals surface area contributed by atoms with Crippen molar-refractivity contribution in [3.05, 3.63) is 52.3 Å². The van der Waals surface area contributed by atoms with Gasteiger partial charge in [-0.25, -0.2) is 0 Å². The Kier molecular flexibility index (Phi) is 4.08. The van der Waals surface area contributed by atoms with E-state index in [1.165, 1.54) is 29.7 Å². The molecule has 1 aromatic heterocycles. The Morgan fingerprint density at radius 3 is 3.15 bits per heavy atom. The highest BCUT2D eigenvalue weighted by atomic mass is 35.5. The fraction of sp³-hybridized carbons (Fsp3) is 0.438. The van der Waals surface area contributed by atoms with Crippen molar-refractivity contribution < 1.29 is 0 Å². The molecule has 106 valence electrons. The average Bonchev–Trinajstić information content (AvgIpc) is 2.89. The Balaban J connectivity index is 1.72. The minimum atomic E-state index is 0.415. The quantitative estimate of drug-likeness (QED) is 0.929. The topological polar surface area (TPSA) is 29.9 Å². The maximum absolute atomic E-state index is 6.03. The van der Waals surface area contributed by atoms with E-state index in [2.05, 4.69) is 28.1 Å². The van der Waals surface area contributed by atoms with E-state index in [1.807, 2.05) is 24.4 Å². The first-order valence-electron chi connectivity index (χ1n) is 7.30. The van der Waals surface area contributed by atoms with Crippen molar-refractivity contribution in [3.63, 3.8) is 0 Å². The second-order valence-electron chi connectivity index (χ2n) is 5.32. The van der Waals surface area contributed by atoms with Gasteiger partial charge >= 0.3 is 0 Å². The van der Waals surface area contributed by atoms with Crippen LogP contribution >= 0.6 is 11.6 Å². The van der Waals surface area contributed by atoms with Gasteiger partial charge in [0.2, 0.25) is 0 Å². The van der Waals surface area contributed by atoms with Gasteiger partial charge in [-0.15, -0.1) is 0 Å². The van der Waals surface area contributed by atoms with Gasteiger partial charge in [-0.1, -0.05) is 23.7 Å². The SMILES string of the molecule is CCn1ncc2c1CCC[C@H]2NCc1cccc(Cl)c1. The summed E-state index contributed by atoms with van der Waals surface area (Å²) in [6, 6.07) is 8.46. The van der Waals surface area contributed by atoms with Crippen molar-refractivity contribution in [2.75, 3.05) is 0 Å². The number of halogens is 1. The molecule has 3 rings (SSSR count). The summed E-state index contributed by atoms with van der Waals surface area (Å²) in [5, 5.41) is 8.94. The molecule has 1 aromatic carbocycles. The molecule has 0 saturated heterocycles. The van der Waals surface area contributed by atoms with Crippen LogP contribution in [-0.4, -0.2) is 9.78 Å². The molecule has 4 heteroatoms. The normalized spacial score (nSPS) is 18.0. The van der Waals surface area contributed by atoms with Crippen LogP contribution in [0.3, 0.4) is 0 Å². The second-order valence-corrected chi connectivity index (χ2v) is 5.75. The minimum absolute atomic E-state index is 0.415. The maximum atomic E-state index is 6.03. The molecule has 0 spiro atoms. The van der Waals surface area contributed by atoms with Crippen LogP contribution < -0.4 is 5.32 Å². The van der Waals surface area contributed by atoms with Crippen LogP contribution in [-0.2, 0) is 19.5 Å². The van der Waals surface area contributed by atoms with Gasteiger partial charge in [0.1, 0.15) is 0 Å². The van der Waals surface area contributed by atoms with E-state index in [-0.39, 0.29) is 0 Å². The Morgan fingerprint density at radius 2 is 2.35 bits per heavy atom. The first-order valence-corrected chi connectivity index (χ1v) is 7.68. The van der Waals surface area contributed by atoms with E-state index in [9.17, 15) is 0 Å². The van der Waals surface area contributed by atoms with Gasteiger partial charge in [-0.2, -0.15) is 5.10 Å². The number of hydrogen-bond acceptors (Lipinski definition) is 2. The minimum Gasteiger partial charge on any atom is -0.306 e. The van der Waals surface area contributed by atoms with Gasteiger partial charge in [0.25, 0.3) is 0 Å². The number of nitrogens with zero attached hydrogens (tertiary/aromatic N) is 2. The molecule has 0 saturated carbocycles. The van der Waals surface area contributed by atoms with E-state index >= 15 is 0 Å². The summed E-state index contributed by atoms with van der Waals surface area (Å²) < 4.78 is 2.13. The van der Waals surface area contributed by atoms with Crippen molar-refractivity contribution in [1.82, 2.24) is 15.1 Å². The molecule has 0 unspecified atom stereocenters. The first kappa shape index (κ1) is 13.7. The highest BCUT2D eigenvalue weighted by molar-refractivity contribution is 6.30. The zero-order valence-corrected chi connectivity index (χ0v) is 12.5. The largest absolute Gasteiger partial charge is 0.306 e. The van der Waals surface area contributed by atoms with Gasteiger partial charge in [0, 0.05) is 35.4 Å². The van der Waals surface area contributed by atoms with Gasteiger partial charge in [0.15, 0.2) is 0 Å². The highest BCUT2D eigenvalue weighted by Gasteiger charge is 2.23. The summed E-state index contributed by atoms with van der Waals surface area (Å²) in [6.45, 7) is 3.95. The molecule has 2 aromatic rings. The van der Waals surface area contributed by atoms with Crippen LogP contribution in [0.5, 0.6) is 0 Å². The summed E-state index contributed by atoms with van der Waals surface area (Å²) in [7, 11) is 0. The van der Waals surface area contributed by atoms with Crippen molar-refractivity contribution in [2.45, 2.75) is 45.3 Å². The molecule has 1 atom stereocenters. The summed E-state index contributed by atoms with van der Waals surface area (Å²) in [4.78, 5) is 0. The number of benzene rings is 1. The van der Waals surface area contributed by atoms with E-state index in [1.54, 1.807) is 0 Å². The van der Waals surface area contributed by atoms with Crippen LogP contribution in [0.1, 0.15) is 42.6 Å². The smallest absolute Gasteiger partial charge is 0.0540 e. The van der Waals surface area contributed by atoms with Crippen molar-refractivity contribution >= 4 is 11.6 Å². The summed E-state index contributed by atoms with van der Waals surface area (Å²) in [5.41, 5.74) is 4.01. The van der Waals surface area contributed by atoms with E-state index < -0.39 is 0 Å². The second kappa shape index (κ2) is 5.98. The Labute approximate surface area is 124 Å². The molecule has 0 bridgehead atoms. The van der Waals surface area contributed by atoms with Crippen LogP contribution in [0.2, 0.25) is 5.02 Å². The highest BCUT2D eigenvalue weighted by Crippen LogP contribution is 2.29. The lowest BCUT2D eigenvalue weighted by Gasteiger charge is -2.24. The Morgan fingerprint density at radius 1 is 1.45 bits per heavy atom. The fourth-order valence-corrected chi connectivity index (χ4v) is 3.20. The molecule has 1 N–H and O–H groups in total. The standard InChI is InChI=1S/C16H20ClN3/c1-2-20-16-8-4-7-15(14(16)11-19-20)18-10-12-5-3-6-13(17)9-12/h3,5-6,9,11,15,18H,2,4,7-8,10H2,1H3/t15-/m1/s1. The number of aryl methyl sites for hydroxylation is 1. The van der Waals surface area contributed by atoms with E-state index in [0.717, 1.165) is 24.5 Å². The number of aromatic nitrogens is 2. The number of nitrogens with one attached hydrogen (secondary N) is 1. The molecular weight excluding hydrogens is 270 g/mol. The summed E-state index contributed by atoms with van der Waals surface area (Å²) in [5.74, 6) is 0.